The fourth-order valence-electron chi connectivity index (χ4n) is 1.85. The smallest absolute Gasteiger partial charge is 0.420 e. The Hall–Kier alpha value is -1.65. The van der Waals surface area contributed by atoms with E-state index in [0.29, 0.717) is 17.8 Å². The van der Waals surface area contributed by atoms with E-state index in [9.17, 15) is 9.59 Å². The molecular formula is C12H16N2O3. The second kappa shape index (κ2) is 3.98. The minimum Gasteiger partial charge on any atom is -0.443 e. The second-order valence-corrected chi connectivity index (χ2v) is 5.17. The van der Waals surface area contributed by atoms with E-state index in [1.807, 2.05) is 0 Å². The molecule has 0 radical (unpaired) electrons. The molecule has 0 aliphatic heterocycles. The number of fused-ring (bicyclic) bond motifs is 1. The summed E-state index contributed by atoms with van der Waals surface area (Å²) < 4.78 is 6.45. The molecule has 1 aliphatic carbocycles. The van der Waals surface area contributed by atoms with Crippen LogP contribution in [0.25, 0.3) is 0 Å². The fraction of sp³-hybridized carbons (Fsp3) is 0.583. The Bertz CT molecular complexity index is 469. The van der Waals surface area contributed by atoms with Crippen molar-refractivity contribution in [2.75, 3.05) is 0 Å². The van der Waals surface area contributed by atoms with Crippen molar-refractivity contribution in [2.45, 2.75) is 45.6 Å². The topological polar surface area (TPSA) is 61.2 Å². The number of rotatable bonds is 0. The summed E-state index contributed by atoms with van der Waals surface area (Å²) in [5, 5.41) is 0. The van der Waals surface area contributed by atoms with Gasteiger partial charge >= 0.3 is 6.09 Å². The van der Waals surface area contributed by atoms with Gasteiger partial charge in [-0.25, -0.2) is 14.3 Å². The highest BCUT2D eigenvalue weighted by atomic mass is 16.6. The summed E-state index contributed by atoms with van der Waals surface area (Å²) in [6, 6.07) is 0. The van der Waals surface area contributed by atoms with E-state index in [1.54, 1.807) is 20.8 Å². The molecule has 0 fully saturated rings. The zero-order chi connectivity index (χ0) is 12.6. The van der Waals surface area contributed by atoms with Gasteiger partial charge in [-0.2, -0.15) is 0 Å². The number of aryl methyl sites for hydroxylation is 1. The standard InChI is InChI=1S/C12H16N2O3/c1-12(2,3)17-11(16)14-7-13-8-5-4-6-9(15)10(8)14/h7H,4-6H2,1-3H3. The summed E-state index contributed by atoms with van der Waals surface area (Å²) in [6.07, 6.45) is 2.86. The van der Waals surface area contributed by atoms with E-state index >= 15 is 0 Å². The van der Waals surface area contributed by atoms with Crippen molar-refractivity contribution in [1.29, 1.82) is 0 Å². The van der Waals surface area contributed by atoms with Gasteiger partial charge in [0.1, 0.15) is 17.6 Å². The van der Waals surface area contributed by atoms with Gasteiger partial charge in [-0.15, -0.1) is 0 Å². The van der Waals surface area contributed by atoms with Crippen molar-refractivity contribution in [3.05, 3.63) is 17.7 Å². The van der Waals surface area contributed by atoms with Gasteiger partial charge in [0.15, 0.2) is 5.78 Å². The zero-order valence-electron chi connectivity index (χ0n) is 10.3. The molecule has 1 heterocycles. The molecule has 2 rings (SSSR count). The van der Waals surface area contributed by atoms with E-state index in [2.05, 4.69) is 4.98 Å². The lowest BCUT2D eigenvalue weighted by Crippen LogP contribution is -2.29. The first-order chi connectivity index (χ1) is 7.88. The van der Waals surface area contributed by atoms with Gasteiger partial charge in [-0.3, -0.25) is 4.79 Å². The lowest BCUT2D eigenvalue weighted by molar-refractivity contribution is 0.0526. The monoisotopic (exact) mass is 236 g/mol. The summed E-state index contributed by atoms with van der Waals surface area (Å²) in [5.41, 5.74) is 0.518. The van der Waals surface area contributed by atoms with Crippen LogP contribution >= 0.6 is 0 Å². The Labute approximate surface area is 99.8 Å². The molecule has 5 heteroatoms. The third-order valence-electron chi connectivity index (χ3n) is 2.52. The Balaban J connectivity index is 2.31. The average Bonchev–Trinajstić information content (AvgIpc) is 2.60. The molecule has 1 aliphatic rings. The number of ether oxygens (including phenoxy) is 1. The van der Waals surface area contributed by atoms with Gasteiger partial charge in [-0.1, -0.05) is 0 Å². The number of Topliss-reactive ketones (excluding diaryl/α,β-unsaturated/α-hetero) is 1. The Morgan fingerprint density at radius 2 is 2.12 bits per heavy atom. The third-order valence-corrected chi connectivity index (χ3v) is 2.52. The molecule has 0 N–H and O–H groups in total. The molecule has 0 aromatic carbocycles. The number of aromatic nitrogens is 2. The second-order valence-electron chi connectivity index (χ2n) is 5.17. The Morgan fingerprint density at radius 3 is 2.76 bits per heavy atom. The molecule has 92 valence electrons. The summed E-state index contributed by atoms with van der Waals surface area (Å²) in [4.78, 5) is 27.8. The summed E-state index contributed by atoms with van der Waals surface area (Å²) in [6.45, 7) is 5.36. The van der Waals surface area contributed by atoms with Gasteiger partial charge in [0.25, 0.3) is 0 Å². The van der Waals surface area contributed by atoms with Crippen LogP contribution < -0.4 is 0 Å². The predicted octanol–water partition coefficient (Wildman–Crippen LogP) is 2.19. The van der Waals surface area contributed by atoms with Gasteiger partial charge in [0.05, 0.1) is 5.69 Å². The molecule has 0 saturated heterocycles. The molecule has 0 unspecified atom stereocenters. The van der Waals surface area contributed by atoms with Crippen LogP contribution in [0.1, 0.15) is 49.8 Å². The normalized spacial score (nSPS) is 15.6. The summed E-state index contributed by atoms with van der Waals surface area (Å²) in [7, 11) is 0. The maximum absolute atomic E-state index is 11.9. The van der Waals surface area contributed by atoms with Crippen molar-refractivity contribution in [3.63, 3.8) is 0 Å². The van der Waals surface area contributed by atoms with Crippen molar-refractivity contribution < 1.29 is 14.3 Å². The highest BCUT2D eigenvalue weighted by molar-refractivity contribution is 5.99. The zero-order valence-corrected chi connectivity index (χ0v) is 10.3. The Kier molecular flexibility index (Phi) is 2.77. The number of ketones is 1. The number of hydrogen-bond donors (Lipinski definition) is 0. The van der Waals surface area contributed by atoms with Crippen molar-refractivity contribution in [1.82, 2.24) is 9.55 Å². The lowest BCUT2D eigenvalue weighted by atomic mass is 10.00. The molecule has 5 nitrogen and oxygen atoms in total. The Morgan fingerprint density at radius 1 is 1.41 bits per heavy atom. The minimum atomic E-state index is -0.577. The number of nitrogens with zero attached hydrogens (tertiary/aromatic N) is 2. The van der Waals surface area contributed by atoms with Crippen LogP contribution in [0.5, 0.6) is 0 Å². The highest BCUT2D eigenvalue weighted by Crippen LogP contribution is 2.21. The van der Waals surface area contributed by atoms with Crippen LogP contribution in [0.4, 0.5) is 4.79 Å². The summed E-state index contributed by atoms with van der Waals surface area (Å²) in [5.74, 6) is -0.0328. The highest BCUT2D eigenvalue weighted by Gasteiger charge is 2.27. The number of imidazole rings is 1. The van der Waals surface area contributed by atoms with E-state index in [0.717, 1.165) is 12.8 Å². The molecule has 0 saturated carbocycles. The van der Waals surface area contributed by atoms with Crippen LogP contribution in [0.2, 0.25) is 0 Å². The van der Waals surface area contributed by atoms with Crippen LogP contribution in [0.3, 0.4) is 0 Å². The van der Waals surface area contributed by atoms with E-state index in [1.165, 1.54) is 10.9 Å². The first-order valence-electron chi connectivity index (χ1n) is 5.71. The minimum absolute atomic E-state index is 0.0328. The number of carbonyl (C=O) groups excluding carboxylic acids is 2. The van der Waals surface area contributed by atoms with E-state index < -0.39 is 11.7 Å². The van der Waals surface area contributed by atoms with E-state index in [-0.39, 0.29) is 5.78 Å². The lowest BCUT2D eigenvalue weighted by Gasteiger charge is -2.20. The fourth-order valence-corrected chi connectivity index (χ4v) is 1.85. The number of hydrogen-bond acceptors (Lipinski definition) is 4. The average molecular weight is 236 g/mol. The molecule has 0 amide bonds. The largest absolute Gasteiger partial charge is 0.443 e. The first-order valence-corrected chi connectivity index (χ1v) is 5.71. The quantitative estimate of drug-likeness (QED) is 0.692. The van der Waals surface area contributed by atoms with Gasteiger partial charge in [-0.05, 0) is 33.6 Å². The van der Waals surface area contributed by atoms with Crippen LogP contribution in [-0.4, -0.2) is 27.0 Å². The van der Waals surface area contributed by atoms with E-state index in [4.69, 9.17) is 4.74 Å². The van der Waals surface area contributed by atoms with Crippen LogP contribution in [0.15, 0.2) is 6.33 Å². The van der Waals surface area contributed by atoms with Gasteiger partial charge in [0, 0.05) is 6.42 Å². The SMILES string of the molecule is CC(C)(C)OC(=O)n1cnc2c1C(=O)CCC2. The van der Waals surface area contributed by atoms with Crippen molar-refractivity contribution >= 4 is 11.9 Å². The maximum atomic E-state index is 11.9. The van der Waals surface area contributed by atoms with Gasteiger partial charge < -0.3 is 4.74 Å². The molecule has 0 bridgehead atoms. The molecule has 1 aromatic rings. The first kappa shape index (κ1) is 11.8. The van der Waals surface area contributed by atoms with Gasteiger partial charge in [0.2, 0.25) is 0 Å². The predicted molar refractivity (Wildman–Crippen MR) is 61.1 cm³/mol. The van der Waals surface area contributed by atoms with Crippen LogP contribution in [0, 0.1) is 0 Å². The summed E-state index contributed by atoms with van der Waals surface area (Å²) >= 11 is 0. The molecule has 1 aromatic heterocycles. The van der Waals surface area contributed by atoms with Crippen molar-refractivity contribution in [3.8, 4) is 0 Å². The third kappa shape index (κ3) is 2.38. The van der Waals surface area contributed by atoms with Crippen molar-refractivity contribution in [2.24, 2.45) is 0 Å². The maximum Gasteiger partial charge on any atom is 0.420 e. The molecule has 17 heavy (non-hydrogen) atoms. The molecule has 0 atom stereocenters. The molecular weight excluding hydrogens is 220 g/mol. The molecule has 0 spiro atoms. The van der Waals surface area contributed by atoms with Crippen LogP contribution in [-0.2, 0) is 11.2 Å². The number of carbonyl (C=O) groups is 2.